The van der Waals surface area contributed by atoms with Gasteiger partial charge in [0.15, 0.2) is 0 Å². The Morgan fingerprint density at radius 1 is 1.12 bits per heavy atom. The molecule has 1 aliphatic carbocycles. The first-order chi connectivity index (χ1) is 16.1. The van der Waals surface area contributed by atoms with Crippen LogP contribution in [0.25, 0.3) is 22.4 Å². The van der Waals surface area contributed by atoms with Gasteiger partial charge in [0, 0.05) is 36.2 Å². The normalized spacial score (nSPS) is 14.0. The summed E-state index contributed by atoms with van der Waals surface area (Å²) in [6, 6.07) is 11.5. The van der Waals surface area contributed by atoms with Crippen molar-refractivity contribution in [2.24, 2.45) is 0 Å². The van der Waals surface area contributed by atoms with Crippen molar-refractivity contribution in [3.8, 4) is 22.6 Å². The summed E-state index contributed by atoms with van der Waals surface area (Å²) in [4.78, 5) is 26.5. The summed E-state index contributed by atoms with van der Waals surface area (Å²) in [6.45, 7) is 6.84. The minimum Gasteiger partial charge on any atom is -0.496 e. The highest BCUT2D eigenvalue weighted by atomic mass is 32.2. The van der Waals surface area contributed by atoms with E-state index in [0.717, 1.165) is 40.0 Å². The summed E-state index contributed by atoms with van der Waals surface area (Å²) in [5.41, 5.74) is 5.72. The van der Waals surface area contributed by atoms with Crippen molar-refractivity contribution in [3.63, 3.8) is 0 Å². The number of aromatic nitrogens is 2. The number of benzene rings is 2. The van der Waals surface area contributed by atoms with Gasteiger partial charge in [-0.05, 0) is 46.2 Å². The van der Waals surface area contributed by atoms with Crippen molar-refractivity contribution in [1.29, 1.82) is 0 Å². The lowest BCUT2D eigenvalue weighted by atomic mass is 9.83. The molecule has 0 aliphatic heterocycles. The van der Waals surface area contributed by atoms with Crippen molar-refractivity contribution in [2.45, 2.75) is 32.6 Å². The van der Waals surface area contributed by atoms with Crippen LogP contribution in [0.4, 0.5) is 0 Å². The molecule has 0 saturated carbocycles. The Labute approximate surface area is 201 Å². The Hall–Kier alpha value is -3.23. The van der Waals surface area contributed by atoms with Gasteiger partial charge in [-0.3, -0.25) is 14.3 Å². The van der Waals surface area contributed by atoms with Gasteiger partial charge in [0.25, 0.3) is 5.56 Å². The number of hydrogen-bond donors (Lipinski definition) is 2. The van der Waals surface area contributed by atoms with Crippen molar-refractivity contribution in [1.82, 2.24) is 14.3 Å². The second-order valence-corrected chi connectivity index (χ2v) is 10.6. The smallest absolute Gasteiger partial charge is 0.332 e. The van der Waals surface area contributed by atoms with Crippen molar-refractivity contribution in [3.05, 3.63) is 86.2 Å². The number of hydrogen-bond acceptors (Lipinski definition) is 4. The van der Waals surface area contributed by atoms with Gasteiger partial charge in [-0.15, -0.1) is 0 Å². The Bertz CT molecular complexity index is 1430. The topological polar surface area (TPSA) is 93.2 Å². The van der Waals surface area contributed by atoms with E-state index in [1.165, 1.54) is 22.4 Å². The predicted octanol–water partition coefficient (Wildman–Crippen LogP) is 3.32. The number of nitrogens with zero attached hydrogens (tertiary/aromatic N) is 1. The molecule has 7 nitrogen and oxygen atoms in total. The molecule has 1 unspecified atom stereocenters. The number of allylic oxidation sites excluding steroid dienone is 1. The molecule has 0 amide bonds. The fourth-order valence-corrected chi connectivity index (χ4v) is 4.66. The van der Waals surface area contributed by atoms with Crippen molar-refractivity contribution >= 4 is 16.6 Å². The average molecular weight is 480 g/mol. The van der Waals surface area contributed by atoms with E-state index in [2.05, 4.69) is 48.7 Å². The lowest BCUT2D eigenvalue weighted by Crippen LogP contribution is -2.27. The molecule has 0 bridgehead atoms. The summed E-state index contributed by atoms with van der Waals surface area (Å²) >= 11 is 0. The Balaban J connectivity index is 1.87. The zero-order valence-corrected chi connectivity index (χ0v) is 20.8. The Kier molecular flexibility index (Phi) is 6.47. The van der Waals surface area contributed by atoms with Gasteiger partial charge in [0.2, 0.25) is 0 Å². The van der Waals surface area contributed by atoms with Gasteiger partial charge in [-0.25, -0.2) is 13.7 Å². The fourth-order valence-electron chi connectivity index (χ4n) is 4.30. The molecule has 178 valence electrons. The van der Waals surface area contributed by atoms with Gasteiger partial charge >= 0.3 is 5.69 Å². The van der Waals surface area contributed by atoms with Crippen LogP contribution in [0.5, 0.6) is 5.75 Å². The Morgan fingerprint density at radius 3 is 2.53 bits per heavy atom. The monoisotopic (exact) mass is 479 g/mol. The molecule has 34 heavy (non-hydrogen) atoms. The van der Waals surface area contributed by atoms with Crippen LogP contribution in [0.3, 0.4) is 0 Å². The molecular weight excluding hydrogens is 450 g/mol. The van der Waals surface area contributed by atoms with Gasteiger partial charge in [0.05, 0.1) is 23.8 Å². The maximum atomic E-state index is 12.5. The van der Waals surface area contributed by atoms with Crippen molar-refractivity contribution < 1.29 is 8.95 Å². The number of aromatic amines is 1. The highest BCUT2D eigenvalue weighted by Crippen LogP contribution is 2.42. The largest absolute Gasteiger partial charge is 0.496 e. The number of nitrogens with one attached hydrogen (secondary N) is 2. The highest BCUT2D eigenvalue weighted by Gasteiger charge is 2.25. The fraction of sp³-hybridized carbons (Fsp3) is 0.308. The Morgan fingerprint density at radius 2 is 1.88 bits per heavy atom. The molecule has 1 heterocycles. The molecule has 3 aromatic rings. The number of ether oxygens (including phenoxy) is 1. The lowest BCUT2D eigenvalue weighted by Gasteiger charge is -2.26. The first kappa shape index (κ1) is 23.9. The second-order valence-electron chi connectivity index (χ2n) is 9.38. The zero-order chi connectivity index (χ0) is 24.6. The van der Waals surface area contributed by atoms with Crippen LogP contribution < -0.4 is 20.7 Å². The van der Waals surface area contributed by atoms with Gasteiger partial charge in [-0.2, -0.15) is 0 Å². The minimum absolute atomic E-state index is 0.255. The molecule has 8 heteroatoms. The van der Waals surface area contributed by atoms with E-state index >= 15 is 0 Å². The highest BCUT2D eigenvalue weighted by molar-refractivity contribution is 7.82. The maximum absolute atomic E-state index is 12.5. The van der Waals surface area contributed by atoms with Crippen LogP contribution in [0.2, 0.25) is 0 Å². The van der Waals surface area contributed by atoms with Crippen LogP contribution in [0, 0.1) is 0 Å². The average Bonchev–Trinajstić information content (AvgIpc) is 3.18. The predicted molar refractivity (Wildman–Crippen MR) is 137 cm³/mol. The van der Waals surface area contributed by atoms with Gasteiger partial charge in [-0.1, -0.05) is 45.0 Å². The summed E-state index contributed by atoms with van der Waals surface area (Å²) < 4.78 is 21.8. The van der Waals surface area contributed by atoms with E-state index in [1.807, 2.05) is 18.2 Å². The number of fused-ring (bicyclic) bond motifs is 1. The SMILES string of the molecule is COc1c(-c2ccc3c(c2)CC=C3CNS(C)=O)cc(-n2ccc(=O)[nH]c2=O)cc1C(C)(C)C. The van der Waals surface area contributed by atoms with Gasteiger partial charge in [0.1, 0.15) is 5.75 Å². The zero-order valence-electron chi connectivity index (χ0n) is 20.0. The molecule has 2 N–H and O–H groups in total. The molecule has 2 aromatic carbocycles. The summed E-state index contributed by atoms with van der Waals surface area (Å²) in [5, 5.41) is 0. The van der Waals surface area contributed by atoms with Crippen LogP contribution in [-0.2, 0) is 22.8 Å². The van der Waals surface area contributed by atoms with E-state index in [4.69, 9.17) is 4.74 Å². The molecule has 1 aliphatic rings. The van der Waals surface area contributed by atoms with Crippen LogP contribution >= 0.6 is 0 Å². The quantitative estimate of drug-likeness (QED) is 0.567. The van der Waals surface area contributed by atoms with E-state index in [9.17, 15) is 13.8 Å². The van der Waals surface area contributed by atoms with E-state index in [1.54, 1.807) is 13.4 Å². The molecule has 0 radical (unpaired) electrons. The van der Waals surface area contributed by atoms with E-state index in [-0.39, 0.29) is 5.41 Å². The number of methoxy groups -OCH3 is 1. The van der Waals surface area contributed by atoms with Crippen LogP contribution in [0.1, 0.15) is 37.5 Å². The first-order valence-corrected chi connectivity index (χ1v) is 12.6. The molecule has 0 saturated heterocycles. The molecular formula is C26H29N3O4S. The summed E-state index contributed by atoms with van der Waals surface area (Å²) in [6.07, 6.45) is 6.06. The first-order valence-electron chi connectivity index (χ1n) is 11.0. The molecule has 0 spiro atoms. The molecule has 0 fully saturated rings. The van der Waals surface area contributed by atoms with Gasteiger partial charge < -0.3 is 4.74 Å². The van der Waals surface area contributed by atoms with Crippen LogP contribution in [0.15, 0.2) is 58.3 Å². The van der Waals surface area contributed by atoms with Crippen LogP contribution in [-0.4, -0.2) is 33.7 Å². The third-order valence-corrected chi connectivity index (χ3v) is 6.54. The third kappa shape index (κ3) is 4.69. The third-order valence-electron chi connectivity index (χ3n) is 5.98. The molecule has 1 aromatic heterocycles. The number of H-pyrrole nitrogens is 1. The minimum atomic E-state index is -1.07. The van der Waals surface area contributed by atoms with E-state index in [0.29, 0.717) is 12.2 Å². The molecule has 1 atom stereocenters. The second kappa shape index (κ2) is 9.19. The lowest BCUT2D eigenvalue weighted by molar-refractivity contribution is 0.399. The van der Waals surface area contributed by atoms with Crippen molar-refractivity contribution in [2.75, 3.05) is 19.9 Å². The summed E-state index contributed by atoms with van der Waals surface area (Å²) in [7, 11) is 0.586. The number of rotatable bonds is 6. The summed E-state index contributed by atoms with van der Waals surface area (Å²) in [5.74, 6) is 0.753. The maximum Gasteiger partial charge on any atom is 0.332 e. The standard InChI is InChI=1S/C26H29N3O4S/c1-26(2,3)22-14-19(29-11-10-23(30)28-25(29)31)13-21(24(22)33-4)17-8-9-20-16(12-17)6-7-18(20)15-27-34(5)32/h7-14,27H,6,15H2,1-5H3,(H,28,30,31). The molecule has 4 rings (SSSR count). The van der Waals surface area contributed by atoms with E-state index < -0.39 is 22.2 Å².